The minimum Gasteiger partial charge on any atom is -0.310 e. The fourth-order valence-electron chi connectivity index (χ4n) is 1.77. The van der Waals surface area contributed by atoms with Crippen LogP contribution in [0.1, 0.15) is 33.4 Å². The lowest BCUT2D eigenvalue weighted by atomic mass is 9.92. The van der Waals surface area contributed by atoms with Gasteiger partial charge in [-0.3, -0.25) is 9.89 Å². The van der Waals surface area contributed by atoms with E-state index in [9.17, 15) is 13.2 Å². The average Bonchev–Trinajstić information content (AvgIpc) is 2.96. The molecule has 2 rings (SSSR count). The van der Waals surface area contributed by atoms with Crippen molar-refractivity contribution >= 4 is 21.7 Å². The molecule has 1 aromatic carbocycles. The van der Waals surface area contributed by atoms with Gasteiger partial charge in [-0.1, -0.05) is 57.2 Å². The van der Waals surface area contributed by atoms with Crippen LogP contribution in [0.2, 0.25) is 0 Å². The summed E-state index contributed by atoms with van der Waals surface area (Å²) in [5.74, 6) is -0.00777. The van der Waals surface area contributed by atoms with Gasteiger partial charge >= 0.3 is 0 Å². The van der Waals surface area contributed by atoms with Crippen molar-refractivity contribution in [2.24, 2.45) is 0 Å². The predicted octanol–water partition coefficient (Wildman–Crippen LogP) is 2.27. The van der Waals surface area contributed by atoms with Crippen molar-refractivity contribution in [3.05, 3.63) is 48.2 Å². The molecule has 0 spiro atoms. The zero-order valence-electron chi connectivity index (χ0n) is 15.2. The number of hydrogen-bond acceptors (Lipinski definition) is 4. The number of hydrogen-bond donors (Lipinski definition) is 3. The number of amides is 1. The molecule has 138 valence electrons. The number of aromatic amines is 1. The molecule has 0 bridgehead atoms. The molecule has 1 atom stereocenters. The molecule has 0 aliphatic heterocycles. The van der Waals surface area contributed by atoms with Gasteiger partial charge in [0.1, 0.15) is 5.82 Å². The van der Waals surface area contributed by atoms with E-state index in [2.05, 4.69) is 20.2 Å². The van der Waals surface area contributed by atoms with Crippen molar-refractivity contribution in [3.8, 4) is 0 Å². The van der Waals surface area contributed by atoms with Crippen molar-refractivity contribution < 1.29 is 13.2 Å². The first-order chi connectivity index (χ1) is 11.5. The van der Waals surface area contributed by atoms with Crippen molar-refractivity contribution in [1.29, 1.82) is 0 Å². The summed E-state index contributed by atoms with van der Waals surface area (Å²) in [6, 6.07) is 12.9. The molecule has 8 heteroatoms. The first-order valence-corrected chi connectivity index (χ1v) is 9.72. The maximum atomic E-state index is 11.8. The topological polar surface area (TPSA) is 104 Å². The van der Waals surface area contributed by atoms with Gasteiger partial charge in [0.05, 0.1) is 18.0 Å². The Kier molecular flexibility index (Phi) is 7.32. The van der Waals surface area contributed by atoms with E-state index in [1.807, 2.05) is 57.2 Å². The molecule has 0 saturated carbocycles. The molecule has 7 nitrogen and oxygen atoms in total. The summed E-state index contributed by atoms with van der Waals surface area (Å²) in [7, 11) is -3.42. The molecule has 1 unspecified atom stereocenters. The Morgan fingerprint density at radius 1 is 1.12 bits per heavy atom. The van der Waals surface area contributed by atoms with Gasteiger partial charge in [0.2, 0.25) is 15.9 Å². The van der Waals surface area contributed by atoms with Crippen LogP contribution in [0.25, 0.3) is 0 Å². The lowest BCUT2D eigenvalue weighted by Gasteiger charge is -2.13. The Bertz CT molecular complexity index is 738. The summed E-state index contributed by atoms with van der Waals surface area (Å²) in [5.41, 5.74) is 0.683. The maximum absolute atomic E-state index is 11.8. The fourth-order valence-corrected chi connectivity index (χ4v) is 2.52. The third kappa shape index (κ3) is 8.46. The van der Waals surface area contributed by atoms with Crippen molar-refractivity contribution in [2.45, 2.75) is 39.2 Å². The van der Waals surface area contributed by atoms with Gasteiger partial charge in [-0.25, -0.2) is 13.1 Å². The molecule has 0 fully saturated rings. The molecular weight excluding hydrogens is 340 g/mol. The van der Waals surface area contributed by atoms with Gasteiger partial charge in [0.25, 0.3) is 0 Å². The Hall–Kier alpha value is -2.19. The zero-order chi connectivity index (χ0) is 19.1. The van der Waals surface area contributed by atoms with Crippen LogP contribution in [0, 0.1) is 0 Å². The molecule has 0 aliphatic rings. The first kappa shape index (κ1) is 20.9. The predicted molar refractivity (Wildman–Crippen MR) is 99.8 cm³/mol. The van der Waals surface area contributed by atoms with E-state index in [1.165, 1.54) is 6.92 Å². The van der Waals surface area contributed by atoms with Crippen LogP contribution in [0.15, 0.2) is 42.5 Å². The third-order valence-electron chi connectivity index (χ3n) is 3.05. The highest BCUT2D eigenvalue weighted by Crippen LogP contribution is 2.21. The van der Waals surface area contributed by atoms with Crippen molar-refractivity contribution in [1.82, 2.24) is 14.9 Å². The number of carbonyl (C=O) groups is 1. The second-order valence-corrected chi connectivity index (χ2v) is 8.45. The fraction of sp³-hybridized carbons (Fsp3) is 0.412. The highest BCUT2D eigenvalue weighted by atomic mass is 32.2. The second kappa shape index (κ2) is 8.77. The van der Waals surface area contributed by atoms with E-state index in [-0.39, 0.29) is 5.41 Å². The molecular formula is C17H26N4O3S. The van der Waals surface area contributed by atoms with Gasteiger partial charge in [-0.05, 0) is 6.92 Å². The monoisotopic (exact) mass is 366 g/mol. The molecule has 1 heterocycles. The van der Waals surface area contributed by atoms with Gasteiger partial charge < -0.3 is 5.32 Å². The second-order valence-electron chi connectivity index (χ2n) is 6.67. The van der Waals surface area contributed by atoms with Crippen molar-refractivity contribution in [3.63, 3.8) is 0 Å². The molecule has 25 heavy (non-hydrogen) atoms. The van der Waals surface area contributed by atoms with Gasteiger partial charge in [0, 0.05) is 11.5 Å². The van der Waals surface area contributed by atoms with E-state index in [0.29, 0.717) is 5.82 Å². The van der Waals surface area contributed by atoms with E-state index >= 15 is 0 Å². The number of carbonyl (C=O) groups excluding carboxylic acids is 1. The van der Waals surface area contributed by atoms with Crippen LogP contribution in [-0.2, 0) is 20.2 Å². The van der Waals surface area contributed by atoms with Gasteiger partial charge in [0.15, 0.2) is 0 Å². The van der Waals surface area contributed by atoms with Crippen LogP contribution in [-0.4, -0.2) is 36.8 Å². The molecule has 1 amide bonds. The Morgan fingerprint density at radius 3 is 1.96 bits per heavy atom. The number of sulfonamides is 1. The zero-order valence-corrected chi connectivity index (χ0v) is 16.0. The maximum Gasteiger partial charge on any atom is 0.243 e. The lowest BCUT2D eigenvalue weighted by molar-refractivity contribution is -0.117. The molecule has 1 aromatic heterocycles. The van der Waals surface area contributed by atoms with Crippen LogP contribution < -0.4 is 10.0 Å². The lowest BCUT2D eigenvalue weighted by Crippen LogP contribution is -2.41. The number of anilines is 1. The van der Waals surface area contributed by atoms with Crippen LogP contribution in [0.3, 0.4) is 0 Å². The summed E-state index contributed by atoms with van der Waals surface area (Å²) in [5, 5.41) is 9.37. The third-order valence-corrected chi connectivity index (χ3v) is 3.84. The van der Waals surface area contributed by atoms with E-state index in [0.717, 1.165) is 11.9 Å². The van der Waals surface area contributed by atoms with Crippen LogP contribution >= 0.6 is 0 Å². The van der Waals surface area contributed by atoms with Crippen LogP contribution in [0.4, 0.5) is 5.82 Å². The van der Waals surface area contributed by atoms with Gasteiger partial charge in [-0.15, -0.1) is 0 Å². The number of aromatic nitrogens is 2. The molecule has 0 aliphatic carbocycles. The average molecular weight is 366 g/mol. The smallest absolute Gasteiger partial charge is 0.243 e. The van der Waals surface area contributed by atoms with E-state index in [4.69, 9.17) is 0 Å². The number of rotatable bonds is 4. The number of benzene rings is 1. The number of nitrogens with one attached hydrogen (secondary N) is 3. The summed E-state index contributed by atoms with van der Waals surface area (Å²) in [4.78, 5) is 11.8. The summed E-state index contributed by atoms with van der Waals surface area (Å²) in [6.45, 7) is 7.48. The van der Waals surface area contributed by atoms with E-state index in [1.54, 1.807) is 6.07 Å². The summed E-state index contributed by atoms with van der Waals surface area (Å²) in [6.07, 6.45) is 1.00. The highest BCUT2D eigenvalue weighted by molar-refractivity contribution is 7.88. The SMILES string of the molecule is CC(NS(C)(=O)=O)C(=O)Nc1cc(C(C)(C)C)n[nH]1.c1ccccc1. The normalized spacial score (nSPS) is 12.7. The van der Waals surface area contributed by atoms with Crippen molar-refractivity contribution in [2.75, 3.05) is 11.6 Å². The Labute approximate surface area is 149 Å². The highest BCUT2D eigenvalue weighted by Gasteiger charge is 2.20. The largest absolute Gasteiger partial charge is 0.310 e. The Balaban J connectivity index is 0.000000435. The minimum atomic E-state index is -3.42. The van der Waals surface area contributed by atoms with E-state index < -0.39 is 22.0 Å². The number of H-pyrrole nitrogens is 1. The Morgan fingerprint density at radius 2 is 1.60 bits per heavy atom. The molecule has 0 saturated heterocycles. The number of nitrogens with zero attached hydrogens (tertiary/aromatic N) is 1. The molecule has 3 N–H and O–H groups in total. The minimum absolute atomic E-state index is 0.129. The standard InChI is InChI=1S/C11H20N4O3S.C6H6/c1-7(15-19(5,17)18)10(16)12-9-6-8(13-14-9)11(2,3)4;1-2-4-6-5-3-1/h6-7,15H,1-5H3,(H2,12,13,14,16);1-6H. The molecule has 2 aromatic rings. The van der Waals surface area contributed by atoms with Gasteiger partial charge in [-0.2, -0.15) is 5.10 Å². The first-order valence-electron chi connectivity index (χ1n) is 7.83. The summed E-state index contributed by atoms with van der Waals surface area (Å²) >= 11 is 0. The van der Waals surface area contributed by atoms with Crippen LogP contribution in [0.5, 0.6) is 0 Å². The summed E-state index contributed by atoms with van der Waals surface area (Å²) < 4.78 is 24.2. The molecule has 0 radical (unpaired) electrons. The quantitative estimate of drug-likeness (QED) is 0.772.